The Morgan fingerprint density at radius 3 is 2.47 bits per heavy atom. The van der Waals surface area contributed by atoms with Crippen molar-refractivity contribution in [3.63, 3.8) is 0 Å². The predicted molar refractivity (Wildman–Crippen MR) is 55.6 cm³/mol. The molecule has 1 aliphatic heterocycles. The highest BCUT2D eigenvalue weighted by Gasteiger charge is 2.32. The van der Waals surface area contributed by atoms with Crippen LogP contribution in [-0.4, -0.2) is 48.9 Å². The zero-order chi connectivity index (χ0) is 11.6. The Morgan fingerprint density at radius 2 is 2.07 bits per heavy atom. The molecule has 4 nitrogen and oxygen atoms in total. The molecule has 0 radical (unpaired) electrons. The molecule has 0 saturated carbocycles. The van der Waals surface area contributed by atoms with Crippen molar-refractivity contribution in [2.45, 2.75) is 38.6 Å². The number of ether oxygens (including phenoxy) is 1. The number of nitrogens with one attached hydrogen (secondary N) is 1. The highest BCUT2D eigenvalue weighted by Crippen LogP contribution is 2.13. The lowest BCUT2D eigenvalue weighted by Crippen LogP contribution is -2.43. The van der Waals surface area contributed by atoms with Gasteiger partial charge in [0.05, 0.1) is 6.04 Å². The number of alkyl halides is 1. The van der Waals surface area contributed by atoms with Gasteiger partial charge < -0.3 is 15.0 Å². The van der Waals surface area contributed by atoms with Crippen molar-refractivity contribution in [3.05, 3.63) is 0 Å². The van der Waals surface area contributed by atoms with Crippen molar-refractivity contribution < 1.29 is 13.9 Å². The summed E-state index contributed by atoms with van der Waals surface area (Å²) in [6.45, 7) is 6.22. The van der Waals surface area contributed by atoms with Crippen LogP contribution >= 0.6 is 0 Å². The molecular formula is C10H19FN2O2. The van der Waals surface area contributed by atoms with E-state index in [4.69, 9.17) is 4.74 Å². The molecule has 1 rings (SSSR count). The van der Waals surface area contributed by atoms with Crippen LogP contribution in [0.2, 0.25) is 0 Å². The van der Waals surface area contributed by atoms with Crippen LogP contribution in [0.4, 0.5) is 9.18 Å². The van der Waals surface area contributed by atoms with E-state index in [9.17, 15) is 9.18 Å². The van der Waals surface area contributed by atoms with Gasteiger partial charge in [0, 0.05) is 13.1 Å². The lowest BCUT2D eigenvalue weighted by Gasteiger charge is -2.22. The first-order valence-corrected chi connectivity index (χ1v) is 5.10. The lowest BCUT2D eigenvalue weighted by atomic mass is 10.2. The van der Waals surface area contributed by atoms with Gasteiger partial charge in [0.25, 0.3) is 0 Å². The Kier molecular flexibility index (Phi) is 3.54. The number of carbonyl (C=O) groups is 1. The molecule has 1 fully saturated rings. The van der Waals surface area contributed by atoms with Crippen LogP contribution in [0.15, 0.2) is 0 Å². The smallest absolute Gasteiger partial charge is 0.408 e. The molecule has 0 spiro atoms. The average Bonchev–Trinajstić information content (AvgIpc) is 2.25. The molecule has 1 aliphatic rings. The number of alkyl carbamates (subject to hydrolysis) is 1. The molecule has 1 saturated heterocycles. The molecule has 88 valence electrons. The van der Waals surface area contributed by atoms with E-state index in [1.165, 1.54) is 0 Å². The largest absolute Gasteiger partial charge is 0.444 e. The van der Waals surface area contributed by atoms with E-state index >= 15 is 0 Å². The van der Waals surface area contributed by atoms with Crippen molar-refractivity contribution in [1.82, 2.24) is 10.2 Å². The molecule has 5 heteroatoms. The number of hydrogen-bond donors (Lipinski definition) is 1. The van der Waals surface area contributed by atoms with E-state index < -0.39 is 23.9 Å². The van der Waals surface area contributed by atoms with Crippen molar-refractivity contribution >= 4 is 6.09 Å². The summed E-state index contributed by atoms with van der Waals surface area (Å²) in [5, 5.41) is 2.54. The minimum absolute atomic E-state index is 0.362. The van der Waals surface area contributed by atoms with E-state index in [0.29, 0.717) is 13.1 Å². The fourth-order valence-corrected chi connectivity index (χ4v) is 1.54. The van der Waals surface area contributed by atoms with E-state index in [2.05, 4.69) is 5.32 Å². The van der Waals surface area contributed by atoms with Crippen LogP contribution in [0, 0.1) is 0 Å². The molecule has 2 atom stereocenters. The Bertz CT molecular complexity index is 240. The Morgan fingerprint density at radius 1 is 1.47 bits per heavy atom. The van der Waals surface area contributed by atoms with Gasteiger partial charge in [0.15, 0.2) is 0 Å². The summed E-state index contributed by atoms with van der Waals surface area (Å²) in [5.41, 5.74) is -0.541. The maximum atomic E-state index is 13.3. The third-order valence-corrected chi connectivity index (χ3v) is 2.13. The second kappa shape index (κ2) is 4.35. The summed E-state index contributed by atoms with van der Waals surface area (Å²) in [4.78, 5) is 13.2. The van der Waals surface area contributed by atoms with Gasteiger partial charge in [-0.2, -0.15) is 0 Å². The summed E-state index contributed by atoms with van der Waals surface area (Å²) in [5.74, 6) is 0. The fraction of sp³-hybridized carbons (Fsp3) is 0.900. The molecular weight excluding hydrogens is 199 g/mol. The van der Waals surface area contributed by atoms with E-state index in [0.717, 1.165) is 0 Å². The number of hydrogen-bond acceptors (Lipinski definition) is 3. The molecule has 0 bridgehead atoms. The number of nitrogens with zero attached hydrogens (tertiary/aromatic N) is 1. The van der Waals surface area contributed by atoms with Gasteiger partial charge in [-0.15, -0.1) is 0 Å². The van der Waals surface area contributed by atoms with Gasteiger partial charge >= 0.3 is 6.09 Å². The Balaban J connectivity index is 2.39. The van der Waals surface area contributed by atoms with Gasteiger partial charge in [0.2, 0.25) is 0 Å². The minimum atomic E-state index is -1.01. The monoisotopic (exact) mass is 218 g/mol. The highest BCUT2D eigenvalue weighted by atomic mass is 19.1. The third-order valence-electron chi connectivity index (χ3n) is 2.13. The predicted octanol–water partition coefficient (Wildman–Crippen LogP) is 1.16. The molecule has 1 amide bonds. The van der Waals surface area contributed by atoms with Crippen molar-refractivity contribution in [1.29, 1.82) is 0 Å². The molecule has 0 aromatic carbocycles. The summed E-state index contributed by atoms with van der Waals surface area (Å²) < 4.78 is 18.4. The zero-order valence-corrected chi connectivity index (χ0v) is 9.71. The summed E-state index contributed by atoms with van der Waals surface area (Å²) in [7, 11) is 1.82. The number of amides is 1. The van der Waals surface area contributed by atoms with Crippen molar-refractivity contribution in [3.8, 4) is 0 Å². The Labute approximate surface area is 89.8 Å². The lowest BCUT2D eigenvalue weighted by molar-refractivity contribution is 0.0489. The van der Waals surface area contributed by atoms with Crippen molar-refractivity contribution in [2.24, 2.45) is 0 Å². The second-order valence-corrected chi connectivity index (χ2v) is 4.99. The molecule has 0 aromatic heterocycles. The van der Waals surface area contributed by atoms with Gasteiger partial charge in [-0.25, -0.2) is 9.18 Å². The first-order valence-electron chi connectivity index (χ1n) is 5.10. The van der Waals surface area contributed by atoms with Crippen LogP contribution in [0.5, 0.6) is 0 Å². The molecule has 1 N–H and O–H groups in total. The first-order chi connectivity index (χ1) is 6.78. The average molecular weight is 218 g/mol. The van der Waals surface area contributed by atoms with Crippen molar-refractivity contribution in [2.75, 3.05) is 20.1 Å². The summed E-state index contributed by atoms with van der Waals surface area (Å²) in [6, 6.07) is -0.454. The molecule has 15 heavy (non-hydrogen) atoms. The zero-order valence-electron chi connectivity index (χ0n) is 9.71. The highest BCUT2D eigenvalue weighted by molar-refractivity contribution is 5.68. The Hall–Kier alpha value is -0.840. The van der Waals surface area contributed by atoms with Crippen LogP contribution in [-0.2, 0) is 4.74 Å². The molecule has 0 aromatic rings. The summed E-state index contributed by atoms with van der Waals surface area (Å²) >= 11 is 0. The van der Waals surface area contributed by atoms with Gasteiger partial charge in [-0.05, 0) is 27.8 Å². The summed E-state index contributed by atoms with van der Waals surface area (Å²) in [6.07, 6.45) is -1.56. The first kappa shape index (κ1) is 12.2. The molecule has 1 heterocycles. The normalized spacial score (nSPS) is 27.8. The van der Waals surface area contributed by atoms with Gasteiger partial charge in [-0.3, -0.25) is 0 Å². The number of likely N-dealkylation sites (N-methyl/N-ethyl adjacent to an activating group) is 1. The number of rotatable bonds is 1. The van der Waals surface area contributed by atoms with Crippen LogP contribution < -0.4 is 5.32 Å². The van der Waals surface area contributed by atoms with Gasteiger partial charge in [0.1, 0.15) is 11.8 Å². The van der Waals surface area contributed by atoms with E-state index in [-0.39, 0.29) is 0 Å². The number of halogens is 1. The standard InChI is InChI=1S/C10H19FN2O2/c1-10(2,3)15-9(14)12-8-6-13(4)5-7(8)11/h7-8H,5-6H2,1-4H3,(H,12,14)/t7-,8+/m1/s1. The van der Waals surface area contributed by atoms with Crippen LogP contribution in [0.1, 0.15) is 20.8 Å². The van der Waals surface area contributed by atoms with E-state index in [1.54, 1.807) is 20.8 Å². The topological polar surface area (TPSA) is 41.6 Å². The maximum absolute atomic E-state index is 13.3. The molecule has 0 aliphatic carbocycles. The minimum Gasteiger partial charge on any atom is -0.444 e. The number of likely N-dealkylation sites (tertiary alicyclic amines) is 1. The van der Waals surface area contributed by atoms with Crippen LogP contribution in [0.3, 0.4) is 0 Å². The number of carbonyl (C=O) groups excluding carboxylic acids is 1. The second-order valence-electron chi connectivity index (χ2n) is 4.99. The maximum Gasteiger partial charge on any atom is 0.408 e. The third kappa shape index (κ3) is 4.03. The van der Waals surface area contributed by atoms with E-state index in [1.807, 2.05) is 11.9 Å². The fourth-order valence-electron chi connectivity index (χ4n) is 1.54. The van der Waals surface area contributed by atoms with Gasteiger partial charge in [-0.1, -0.05) is 0 Å². The van der Waals surface area contributed by atoms with Crippen LogP contribution in [0.25, 0.3) is 0 Å². The SMILES string of the molecule is CN1C[C@@H](F)[C@@H](NC(=O)OC(C)(C)C)C1. The quantitative estimate of drug-likeness (QED) is 0.718. The molecule has 0 unspecified atom stereocenters.